The number of β-amino-alcohol motifs (C(OH)–C–C–N with tert-alkyl or cyclic N) is 1. The van der Waals surface area contributed by atoms with Crippen LogP contribution in [0.15, 0.2) is 42.5 Å². The fraction of sp³-hybridized carbons (Fsp3) is 0.381. The van der Waals surface area contributed by atoms with Crippen LogP contribution in [-0.4, -0.2) is 41.7 Å². The molecule has 2 N–H and O–H groups in total. The van der Waals surface area contributed by atoms with E-state index in [1.165, 1.54) is 6.92 Å². The van der Waals surface area contributed by atoms with Gasteiger partial charge in [0.05, 0.1) is 10.0 Å². The van der Waals surface area contributed by atoms with Crippen molar-refractivity contribution >= 4 is 34.8 Å². The van der Waals surface area contributed by atoms with Crippen molar-refractivity contribution in [1.29, 1.82) is 0 Å². The molecule has 3 rings (SSSR count). The van der Waals surface area contributed by atoms with E-state index in [1.807, 2.05) is 18.2 Å². The lowest BCUT2D eigenvalue weighted by molar-refractivity contribution is -0.114. The number of rotatable bonds is 7. The monoisotopic (exact) mass is 422 g/mol. The number of halogens is 2. The second kappa shape index (κ2) is 9.61. The van der Waals surface area contributed by atoms with Crippen molar-refractivity contribution in [3.8, 4) is 5.75 Å². The van der Waals surface area contributed by atoms with Crippen LogP contribution >= 0.6 is 23.2 Å². The molecular formula is C21H24Cl2N2O3. The Balaban J connectivity index is 1.52. The number of hydrogen-bond donors (Lipinski definition) is 2. The van der Waals surface area contributed by atoms with Crippen LogP contribution < -0.4 is 10.1 Å². The van der Waals surface area contributed by atoms with E-state index in [2.05, 4.69) is 10.2 Å². The highest BCUT2D eigenvalue weighted by Crippen LogP contribution is 2.35. The van der Waals surface area contributed by atoms with Crippen molar-refractivity contribution in [1.82, 2.24) is 4.90 Å². The van der Waals surface area contributed by atoms with Gasteiger partial charge in [-0.15, -0.1) is 0 Å². The average Bonchev–Trinajstić information content (AvgIpc) is 3.11. The molecular weight excluding hydrogens is 399 g/mol. The van der Waals surface area contributed by atoms with E-state index in [4.69, 9.17) is 27.9 Å². The summed E-state index contributed by atoms with van der Waals surface area (Å²) in [4.78, 5) is 13.3. The Bertz CT molecular complexity index is 814. The van der Waals surface area contributed by atoms with Crippen LogP contribution in [0.1, 0.15) is 31.4 Å². The predicted molar refractivity (Wildman–Crippen MR) is 112 cm³/mol. The maximum Gasteiger partial charge on any atom is 0.221 e. The van der Waals surface area contributed by atoms with Gasteiger partial charge in [-0.3, -0.25) is 9.69 Å². The zero-order valence-corrected chi connectivity index (χ0v) is 17.2. The second-order valence-corrected chi connectivity index (χ2v) is 7.81. The van der Waals surface area contributed by atoms with Crippen molar-refractivity contribution in [2.24, 2.45) is 0 Å². The highest BCUT2D eigenvalue weighted by atomic mass is 35.5. The number of aliphatic hydroxyl groups excluding tert-OH is 1. The highest BCUT2D eigenvalue weighted by Gasteiger charge is 2.28. The Morgan fingerprint density at radius 3 is 2.68 bits per heavy atom. The summed E-state index contributed by atoms with van der Waals surface area (Å²) >= 11 is 12.2. The molecule has 0 saturated carbocycles. The third-order valence-corrected chi connectivity index (χ3v) is 5.49. The van der Waals surface area contributed by atoms with Crippen LogP contribution in [0.3, 0.4) is 0 Å². The Morgan fingerprint density at radius 1 is 1.25 bits per heavy atom. The number of benzene rings is 2. The number of carbonyl (C=O) groups excluding carboxylic acids is 1. The smallest absolute Gasteiger partial charge is 0.221 e. The number of likely N-dealkylation sites (tertiary alicyclic amines) is 1. The molecule has 1 amide bonds. The Labute approximate surface area is 175 Å². The fourth-order valence-electron chi connectivity index (χ4n) is 3.50. The number of nitrogens with zero attached hydrogens (tertiary/aromatic N) is 1. The van der Waals surface area contributed by atoms with Gasteiger partial charge in [0.15, 0.2) is 0 Å². The summed E-state index contributed by atoms with van der Waals surface area (Å²) in [5, 5.41) is 14.2. The van der Waals surface area contributed by atoms with Crippen LogP contribution in [0.25, 0.3) is 0 Å². The molecule has 1 fully saturated rings. The van der Waals surface area contributed by atoms with Crippen LogP contribution in [0.4, 0.5) is 5.69 Å². The molecule has 150 valence electrons. The molecule has 0 spiro atoms. The van der Waals surface area contributed by atoms with Crippen LogP contribution in [-0.2, 0) is 4.79 Å². The van der Waals surface area contributed by atoms with E-state index >= 15 is 0 Å². The number of ether oxygens (including phenoxy) is 1. The zero-order valence-electron chi connectivity index (χ0n) is 15.7. The van der Waals surface area contributed by atoms with E-state index in [1.54, 1.807) is 24.3 Å². The summed E-state index contributed by atoms with van der Waals surface area (Å²) < 4.78 is 5.69. The summed E-state index contributed by atoms with van der Waals surface area (Å²) in [7, 11) is 0. The SMILES string of the molecule is CC(=O)Nc1ccc(OCC(O)CN2CCCC2c2ccc(Cl)c(Cl)c2)cc1. The van der Waals surface area contributed by atoms with E-state index in [-0.39, 0.29) is 18.6 Å². The Hall–Kier alpha value is -1.79. The third-order valence-electron chi connectivity index (χ3n) is 4.75. The molecule has 7 heteroatoms. The van der Waals surface area contributed by atoms with Crippen molar-refractivity contribution in [3.63, 3.8) is 0 Å². The Morgan fingerprint density at radius 2 is 2.00 bits per heavy atom. The predicted octanol–water partition coefficient (Wildman–Crippen LogP) is 4.53. The minimum Gasteiger partial charge on any atom is -0.491 e. The van der Waals surface area contributed by atoms with E-state index in [0.29, 0.717) is 28.0 Å². The first-order chi connectivity index (χ1) is 13.4. The number of nitrogens with one attached hydrogen (secondary N) is 1. The van der Waals surface area contributed by atoms with Crippen molar-refractivity contribution < 1.29 is 14.6 Å². The third kappa shape index (κ3) is 5.61. The van der Waals surface area contributed by atoms with Gasteiger partial charge in [-0.1, -0.05) is 29.3 Å². The molecule has 0 aliphatic carbocycles. The molecule has 1 aliphatic heterocycles. The molecule has 1 saturated heterocycles. The first-order valence-electron chi connectivity index (χ1n) is 9.30. The van der Waals surface area contributed by atoms with E-state index in [9.17, 15) is 9.90 Å². The zero-order chi connectivity index (χ0) is 20.1. The summed E-state index contributed by atoms with van der Waals surface area (Å²) in [6, 6.07) is 13.0. The molecule has 0 aromatic heterocycles. The maximum absolute atomic E-state index is 11.0. The van der Waals surface area contributed by atoms with Gasteiger partial charge < -0.3 is 15.2 Å². The van der Waals surface area contributed by atoms with Crippen LogP contribution in [0, 0.1) is 0 Å². The normalized spacial score (nSPS) is 18.1. The number of amides is 1. The van der Waals surface area contributed by atoms with Gasteiger partial charge in [0.25, 0.3) is 0 Å². The molecule has 2 aromatic rings. The lowest BCUT2D eigenvalue weighted by Gasteiger charge is -2.27. The topological polar surface area (TPSA) is 61.8 Å². The average molecular weight is 423 g/mol. The largest absolute Gasteiger partial charge is 0.491 e. The molecule has 0 radical (unpaired) electrons. The van der Waals surface area contributed by atoms with Crippen molar-refractivity contribution in [3.05, 3.63) is 58.1 Å². The van der Waals surface area contributed by atoms with E-state index in [0.717, 1.165) is 24.9 Å². The quantitative estimate of drug-likeness (QED) is 0.687. The second-order valence-electron chi connectivity index (χ2n) is 7.00. The number of anilines is 1. The molecule has 2 atom stereocenters. The fourth-order valence-corrected chi connectivity index (χ4v) is 3.80. The standard InChI is InChI=1S/C21H24Cl2N2O3/c1-14(26)24-16-5-7-18(8-6-16)28-13-17(27)12-25-10-2-3-21(25)15-4-9-19(22)20(23)11-15/h4-9,11,17,21,27H,2-3,10,12-13H2,1H3,(H,24,26). The molecule has 2 aromatic carbocycles. The number of hydrogen-bond acceptors (Lipinski definition) is 4. The molecule has 2 unspecified atom stereocenters. The van der Waals surface area contributed by atoms with Crippen molar-refractivity contribution in [2.45, 2.75) is 31.9 Å². The van der Waals surface area contributed by atoms with Crippen molar-refractivity contribution in [2.75, 3.05) is 25.0 Å². The minimum atomic E-state index is -0.613. The minimum absolute atomic E-state index is 0.119. The van der Waals surface area contributed by atoms with Gasteiger partial charge in [0.2, 0.25) is 5.91 Å². The Kier molecular flexibility index (Phi) is 7.18. The summed E-state index contributed by atoms with van der Waals surface area (Å²) in [5.41, 5.74) is 1.83. The first kappa shape index (κ1) is 20.9. The van der Waals surface area contributed by atoms with Gasteiger partial charge >= 0.3 is 0 Å². The molecule has 5 nitrogen and oxygen atoms in total. The number of carbonyl (C=O) groups is 1. The lowest BCUT2D eigenvalue weighted by Crippen LogP contribution is -2.35. The molecule has 1 heterocycles. The summed E-state index contributed by atoms with van der Waals surface area (Å²) in [6.07, 6.45) is 1.48. The van der Waals surface area contributed by atoms with E-state index < -0.39 is 6.10 Å². The highest BCUT2D eigenvalue weighted by molar-refractivity contribution is 6.42. The molecule has 0 bridgehead atoms. The molecule has 28 heavy (non-hydrogen) atoms. The van der Waals surface area contributed by atoms with Crippen LogP contribution in [0.5, 0.6) is 5.75 Å². The summed E-state index contributed by atoms with van der Waals surface area (Å²) in [5.74, 6) is 0.529. The maximum atomic E-state index is 11.0. The van der Waals surface area contributed by atoms with Gasteiger partial charge in [0, 0.05) is 25.2 Å². The lowest BCUT2D eigenvalue weighted by atomic mass is 10.0. The van der Waals surface area contributed by atoms with Gasteiger partial charge in [-0.25, -0.2) is 0 Å². The number of aliphatic hydroxyl groups is 1. The first-order valence-corrected chi connectivity index (χ1v) is 10.1. The van der Waals surface area contributed by atoms with Gasteiger partial charge in [-0.2, -0.15) is 0 Å². The van der Waals surface area contributed by atoms with Crippen LogP contribution in [0.2, 0.25) is 10.0 Å². The molecule has 1 aliphatic rings. The summed E-state index contributed by atoms with van der Waals surface area (Å²) in [6.45, 7) is 3.11. The van der Waals surface area contributed by atoms with Gasteiger partial charge in [-0.05, 0) is 61.3 Å². The van der Waals surface area contributed by atoms with Gasteiger partial charge in [0.1, 0.15) is 18.5 Å².